The van der Waals surface area contributed by atoms with Crippen LogP contribution in [0.5, 0.6) is 0 Å². The molecule has 0 aliphatic carbocycles. The molecule has 0 aliphatic heterocycles. The van der Waals surface area contributed by atoms with Crippen LogP contribution in [0.4, 0.5) is 0 Å². The normalized spacial score (nSPS) is 10.9. The van der Waals surface area contributed by atoms with E-state index >= 15 is 0 Å². The van der Waals surface area contributed by atoms with Crippen molar-refractivity contribution in [1.29, 1.82) is 0 Å². The molecule has 7 heteroatoms. The van der Waals surface area contributed by atoms with E-state index in [2.05, 4.69) is 19.8 Å². The fraction of sp³-hybridized carbons (Fsp3) is 0.294. The summed E-state index contributed by atoms with van der Waals surface area (Å²) in [6.07, 6.45) is 1.37. The number of ether oxygens (including phenoxy) is 1. The molecule has 0 unspecified atom stereocenters. The van der Waals surface area contributed by atoms with E-state index in [4.69, 9.17) is 0 Å². The van der Waals surface area contributed by atoms with E-state index in [0.717, 1.165) is 6.42 Å². The number of nitrogens with one attached hydrogen (secondary N) is 1. The molecule has 7 nitrogen and oxygen atoms in total. The van der Waals surface area contributed by atoms with Gasteiger partial charge < -0.3 is 4.74 Å². The predicted octanol–water partition coefficient (Wildman–Crippen LogP) is 1.23. The number of methoxy groups -OCH3 is 1. The van der Waals surface area contributed by atoms with E-state index in [0.29, 0.717) is 29.3 Å². The third-order valence-electron chi connectivity index (χ3n) is 3.88. The van der Waals surface area contributed by atoms with Crippen LogP contribution in [0.15, 0.2) is 35.1 Å². The summed E-state index contributed by atoms with van der Waals surface area (Å²) in [6.45, 7) is 1.69. The van der Waals surface area contributed by atoms with Crippen molar-refractivity contribution < 1.29 is 9.53 Å². The lowest BCUT2D eigenvalue weighted by Gasteiger charge is -2.03. The van der Waals surface area contributed by atoms with Crippen molar-refractivity contribution in [2.45, 2.75) is 26.2 Å². The number of aromatic amines is 1. The summed E-state index contributed by atoms with van der Waals surface area (Å²) in [7, 11) is 1.29. The van der Waals surface area contributed by atoms with Gasteiger partial charge in [0.1, 0.15) is 5.82 Å². The third-order valence-corrected chi connectivity index (χ3v) is 3.88. The highest BCUT2D eigenvalue weighted by Gasteiger charge is 2.16. The second-order valence-corrected chi connectivity index (χ2v) is 5.53. The van der Waals surface area contributed by atoms with Gasteiger partial charge in [-0.2, -0.15) is 9.50 Å². The van der Waals surface area contributed by atoms with E-state index in [1.807, 2.05) is 30.3 Å². The first-order valence-electron chi connectivity index (χ1n) is 7.66. The number of hydrogen-bond donors (Lipinski definition) is 1. The predicted molar refractivity (Wildman–Crippen MR) is 87.9 cm³/mol. The van der Waals surface area contributed by atoms with E-state index in [1.165, 1.54) is 17.2 Å². The highest BCUT2D eigenvalue weighted by Crippen LogP contribution is 2.07. The van der Waals surface area contributed by atoms with Crippen LogP contribution >= 0.6 is 0 Å². The molecule has 0 bridgehead atoms. The van der Waals surface area contributed by atoms with E-state index in [1.54, 1.807) is 6.92 Å². The minimum absolute atomic E-state index is 0.102. The number of nitrogens with zero attached hydrogens (tertiary/aromatic N) is 3. The van der Waals surface area contributed by atoms with Crippen LogP contribution in [0.1, 0.15) is 22.6 Å². The van der Waals surface area contributed by atoms with Gasteiger partial charge in [-0.15, -0.1) is 0 Å². The summed E-state index contributed by atoms with van der Waals surface area (Å²) < 4.78 is 5.91. The van der Waals surface area contributed by atoms with Crippen molar-refractivity contribution in [2.24, 2.45) is 0 Å². The molecule has 0 spiro atoms. The van der Waals surface area contributed by atoms with E-state index < -0.39 is 5.97 Å². The molecule has 0 amide bonds. The van der Waals surface area contributed by atoms with Crippen LogP contribution in [0, 0.1) is 6.92 Å². The Morgan fingerprint density at radius 3 is 2.67 bits per heavy atom. The zero-order chi connectivity index (χ0) is 17.1. The number of benzene rings is 1. The van der Waals surface area contributed by atoms with Crippen molar-refractivity contribution in [3.63, 3.8) is 0 Å². The maximum absolute atomic E-state index is 12.5. The van der Waals surface area contributed by atoms with Crippen molar-refractivity contribution in [3.05, 3.63) is 63.3 Å². The van der Waals surface area contributed by atoms with Gasteiger partial charge in [-0.3, -0.25) is 14.7 Å². The van der Waals surface area contributed by atoms with Gasteiger partial charge in [-0.1, -0.05) is 30.3 Å². The number of esters is 1. The Hall–Kier alpha value is -2.96. The van der Waals surface area contributed by atoms with E-state index in [-0.39, 0.29) is 12.0 Å². The highest BCUT2D eigenvalue weighted by molar-refractivity contribution is 5.72. The molecule has 2 aromatic heterocycles. The Labute approximate surface area is 138 Å². The maximum Gasteiger partial charge on any atom is 0.310 e. The number of H-pyrrole nitrogens is 1. The summed E-state index contributed by atoms with van der Waals surface area (Å²) in [5, 5.41) is 2.97. The fourth-order valence-corrected chi connectivity index (χ4v) is 2.54. The molecule has 0 atom stereocenters. The molecule has 124 valence electrons. The molecular formula is C17H18N4O3. The van der Waals surface area contributed by atoms with Crippen molar-refractivity contribution >= 4 is 11.7 Å². The van der Waals surface area contributed by atoms with Crippen molar-refractivity contribution in [2.75, 3.05) is 7.11 Å². The Morgan fingerprint density at radius 1 is 1.21 bits per heavy atom. The van der Waals surface area contributed by atoms with Crippen molar-refractivity contribution in [1.82, 2.24) is 19.6 Å². The van der Waals surface area contributed by atoms with Gasteiger partial charge in [0.2, 0.25) is 0 Å². The lowest BCUT2D eigenvalue weighted by molar-refractivity contribution is -0.139. The lowest BCUT2D eigenvalue weighted by Crippen LogP contribution is -2.24. The summed E-state index contributed by atoms with van der Waals surface area (Å²) in [5.41, 5.74) is 1.69. The molecule has 24 heavy (non-hydrogen) atoms. The first kappa shape index (κ1) is 15.9. The SMILES string of the molecule is COC(=O)Cc1c(C)nc2nc(CCc3ccccc3)[nH]n2c1=O. The Bertz CT molecular complexity index is 928. The molecule has 0 saturated carbocycles. The van der Waals surface area contributed by atoms with Gasteiger partial charge in [0.25, 0.3) is 11.3 Å². The molecule has 1 N–H and O–H groups in total. The standard InChI is InChI=1S/C17H18N4O3/c1-11-13(10-15(22)24-2)16(23)21-17(18-11)19-14(20-21)9-8-12-6-4-3-5-7-12/h3-7H,8-10H2,1-2H3,(H,18,19,20). The van der Waals surface area contributed by atoms with Gasteiger partial charge >= 0.3 is 5.97 Å². The largest absolute Gasteiger partial charge is 0.469 e. The van der Waals surface area contributed by atoms with Crippen LogP contribution in [-0.4, -0.2) is 32.7 Å². The topological polar surface area (TPSA) is 89.3 Å². The smallest absolute Gasteiger partial charge is 0.310 e. The number of carbonyl (C=O) groups is 1. The van der Waals surface area contributed by atoms with Crippen molar-refractivity contribution in [3.8, 4) is 0 Å². The zero-order valence-electron chi connectivity index (χ0n) is 13.6. The summed E-state index contributed by atoms with van der Waals surface area (Å²) in [6, 6.07) is 10.0. The molecule has 3 rings (SSSR count). The van der Waals surface area contributed by atoms with Crippen LogP contribution in [0.25, 0.3) is 5.78 Å². The van der Waals surface area contributed by atoms with Crippen LogP contribution in [0.2, 0.25) is 0 Å². The van der Waals surface area contributed by atoms with Crippen LogP contribution in [-0.2, 0) is 28.8 Å². The van der Waals surface area contributed by atoms with Crippen LogP contribution in [0.3, 0.4) is 0 Å². The molecule has 0 fully saturated rings. The fourth-order valence-electron chi connectivity index (χ4n) is 2.54. The Kier molecular flexibility index (Phi) is 4.41. The minimum Gasteiger partial charge on any atom is -0.469 e. The molecule has 0 radical (unpaired) electrons. The first-order valence-corrected chi connectivity index (χ1v) is 7.66. The molecule has 2 heterocycles. The number of rotatable bonds is 5. The lowest BCUT2D eigenvalue weighted by atomic mass is 10.1. The molecule has 1 aromatic carbocycles. The maximum atomic E-state index is 12.5. The first-order chi connectivity index (χ1) is 11.6. The minimum atomic E-state index is -0.472. The summed E-state index contributed by atoms with van der Waals surface area (Å²) in [4.78, 5) is 32.7. The number of hydrogen-bond acceptors (Lipinski definition) is 5. The molecule has 3 aromatic rings. The number of aromatic nitrogens is 4. The number of carbonyl (C=O) groups excluding carboxylic acids is 1. The summed E-state index contributed by atoms with van der Waals surface area (Å²) in [5.74, 6) is 0.521. The second kappa shape index (κ2) is 6.66. The van der Waals surface area contributed by atoms with Gasteiger partial charge in [0.05, 0.1) is 24.8 Å². The Balaban J connectivity index is 1.89. The summed E-state index contributed by atoms with van der Waals surface area (Å²) >= 11 is 0. The zero-order valence-corrected chi connectivity index (χ0v) is 13.6. The Morgan fingerprint density at radius 2 is 1.96 bits per heavy atom. The van der Waals surface area contributed by atoms with Crippen LogP contribution < -0.4 is 5.56 Å². The molecule has 0 saturated heterocycles. The molecule has 0 aliphatic rings. The number of aryl methyl sites for hydroxylation is 3. The number of fused-ring (bicyclic) bond motifs is 1. The van der Waals surface area contributed by atoms with E-state index in [9.17, 15) is 9.59 Å². The highest BCUT2D eigenvalue weighted by atomic mass is 16.5. The third kappa shape index (κ3) is 3.19. The molecular weight excluding hydrogens is 308 g/mol. The second-order valence-electron chi connectivity index (χ2n) is 5.53. The van der Waals surface area contributed by atoms with Gasteiger partial charge in [0, 0.05) is 6.42 Å². The van der Waals surface area contributed by atoms with Gasteiger partial charge in [-0.25, -0.2) is 4.98 Å². The van der Waals surface area contributed by atoms with Gasteiger partial charge in [0.15, 0.2) is 0 Å². The monoisotopic (exact) mass is 326 g/mol. The average Bonchev–Trinajstić information content (AvgIpc) is 3.00. The van der Waals surface area contributed by atoms with Gasteiger partial charge in [-0.05, 0) is 18.9 Å². The quantitative estimate of drug-likeness (QED) is 0.712. The average molecular weight is 326 g/mol.